The van der Waals surface area contributed by atoms with Gasteiger partial charge in [0.1, 0.15) is 6.04 Å². The van der Waals surface area contributed by atoms with Crippen molar-refractivity contribution in [2.24, 2.45) is 0 Å². The van der Waals surface area contributed by atoms with Gasteiger partial charge in [-0.15, -0.1) is 0 Å². The summed E-state index contributed by atoms with van der Waals surface area (Å²) < 4.78 is 1.95. The lowest BCUT2D eigenvalue weighted by Crippen LogP contribution is -2.43. The number of aromatic nitrogens is 1. The van der Waals surface area contributed by atoms with Gasteiger partial charge < -0.3 is 20.5 Å². The number of carbonyl (C=O) groups excluding carboxylic acids is 3. The average molecular weight is 374 g/mol. The molecule has 7 heteroatoms. The van der Waals surface area contributed by atoms with E-state index >= 15 is 0 Å². The number of hydrogen-bond acceptors (Lipinski definition) is 3. The average Bonchev–Trinajstić information content (AvgIpc) is 3.19. The minimum Gasteiger partial charge on any atom is -0.340 e. The second-order valence-electron chi connectivity index (χ2n) is 6.45. The Kier molecular flexibility index (Phi) is 4.63. The van der Waals surface area contributed by atoms with Crippen LogP contribution in [0.4, 0.5) is 11.4 Å². The van der Waals surface area contributed by atoms with Gasteiger partial charge in [0.25, 0.3) is 5.91 Å². The van der Waals surface area contributed by atoms with Crippen LogP contribution in [0.3, 0.4) is 0 Å². The van der Waals surface area contributed by atoms with E-state index in [1.54, 1.807) is 36.4 Å². The van der Waals surface area contributed by atoms with Crippen molar-refractivity contribution in [1.29, 1.82) is 0 Å². The van der Waals surface area contributed by atoms with Gasteiger partial charge in [-0.05, 0) is 48.5 Å². The minimum absolute atomic E-state index is 0.162. The number of nitrogens with zero attached hydrogens (tertiary/aromatic N) is 1. The van der Waals surface area contributed by atoms with Crippen molar-refractivity contribution in [3.05, 3.63) is 78.6 Å². The summed E-state index contributed by atoms with van der Waals surface area (Å²) in [7, 11) is 0. The number of hydrogen-bond donors (Lipinski definition) is 3. The molecule has 140 valence electrons. The smallest absolute Gasteiger partial charge is 0.254 e. The van der Waals surface area contributed by atoms with Gasteiger partial charge in [-0.25, -0.2) is 0 Å². The summed E-state index contributed by atoms with van der Waals surface area (Å²) in [5.41, 5.74) is 2.40. The van der Waals surface area contributed by atoms with E-state index in [2.05, 4.69) is 16.0 Å². The Morgan fingerprint density at radius 1 is 0.964 bits per heavy atom. The fraction of sp³-hybridized carbons (Fsp3) is 0.0952. The van der Waals surface area contributed by atoms with E-state index in [0.29, 0.717) is 16.9 Å². The van der Waals surface area contributed by atoms with Gasteiger partial charge in [0.2, 0.25) is 11.8 Å². The molecule has 2 heterocycles. The highest BCUT2D eigenvalue weighted by atomic mass is 16.2. The maximum atomic E-state index is 12.4. The molecule has 1 aromatic heterocycles. The maximum Gasteiger partial charge on any atom is 0.254 e. The number of carbonyl (C=O) groups is 3. The van der Waals surface area contributed by atoms with E-state index in [1.807, 2.05) is 41.2 Å². The molecule has 3 N–H and O–H groups in total. The predicted molar refractivity (Wildman–Crippen MR) is 105 cm³/mol. The summed E-state index contributed by atoms with van der Waals surface area (Å²) in [5.74, 6) is -1.17. The summed E-state index contributed by atoms with van der Waals surface area (Å²) in [6.45, 7) is 0. The fourth-order valence-electron chi connectivity index (χ4n) is 3.08. The molecule has 1 unspecified atom stereocenters. The van der Waals surface area contributed by atoms with E-state index in [1.165, 1.54) is 0 Å². The first-order valence-electron chi connectivity index (χ1n) is 8.84. The molecule has 28 heavy (non-hydrogen) atoms. The SMILES string of the molecule is O=C(CC1NC(=O)c2ccccc2NC1=O)Nc1ccc(-n2cccc2)cc1. The fourth-order valence-corrected chi connectivity index (χ4v) is 3.08. The van der Waals surface area contributed by atoms with E-state index in [-0.39, 0.29) is 18.2 Å². The highest BCUT2D eigenvalue weighted by Crippen LogP contribution is 2.19. The first-order chi connectivity index (χ1) is 13.6. The Balaban J connectivity index is 1.41. The van der Waals surface area contributed by atoms with E-state index < -0.39 is 11.9 Å². The highest BCUT2D eigenvalue weighted by Gasteiger charge is 2.29. The molecule has 7 nitrogen and oxygen atoms in total. The van der Waals surface area contributed by atoms with E-state index in [0.717, 1.165) is 5.69 Å². The lowest BCUT2D eigenvalue weighted by atomic mass is 10.1. The lowest BCUT2D eigenvalue weighted by molar-refractivity contribution is -0.122. The second kappa shape index (κ2) is 7.40. The quantitative estimate of drug-likeness (QED) is 0.655. The van der Waals surface area contributed by atoms with Crippen LogP contribution in [0, 0.1) is 0 Å². The van der Waals surface area contributed by atoms with Gasteiger partial charge in [-0.1, -0.05) is 12.1 Å². The largest absolute Gasteiger partial charge is 0.340 e. The minimum atomic E-state index is -0.945. The third-order valence-electron chi connectivity index (χ3n) is 4.49. The van der Waals surface area contributed by atoms with Crippen molar-refractivity contribution >= 4 is 29.1 Å². The molecule has 3 aromatic rings. The number of anilines is 2. The predicted octanol–water partition coefficient (Wildman–Crippen LogP) is 2.56. The van der Waals surface area contributed by atoms with Gasteiger partial charge >= 0.3 is 0 Å². The van der Waals surface area contributed by atoms with Gasteiger partial charge in [0.05, 0.1) is 17.7 Å². The third-order valence-corrected chi connectivity index (χ3v) is 4.49. The molecule has 0 bridgehead atoms. The number of benzene rings is 2. The summed E-state index contributed by atoms with van der Waals surface area (Å²) in [6, 6.07) is 17.0. The van der Waals surface area contributed by atoms with Crippen LogP contribution in [0.1, 0.15) is 16.8 Å². The van der Waals surface area contributed by atoms with Crippen molar-refractivity contribution in [1.82, 2.24) is 9.88 Å². The summed E-state index contributed by atoms with van der Waals surface area (Å²) >= 11 is 0. The van der Waals surface area contributed by atoms with Crippen molar-refractivity contribution in [3.63, 3.8) is 0 Å². The molecule has 0 saturated carbocycles. The molecule has 0 fully saturated rings. The zero-order valence-corrected chi connectivity index (χ0v) is 14.9. The first-order valence-corrected chi connectivity index (χ1v) is 8.84. The van der Waals surface area contributed by atoms with Crippen LogP contribution in [-0.2, 0) is 9.59 Å². The molecule has 1 aliphatic rings. The molecule has 4 rings (SSSR count). The molecule has 0 spiro atoms. The van der Waals surface area contributed by atoms with Crippen LogP contribution in [0.15, 0.2) is 73.1 Å². The maximum absolute atomic E-state index is 12.4. The van der Waals surface area contributed by atoms with Crippen LogP contribution in [0.25, 0.3) is 5.69 Å². The Morgan fingerprint density at radius 2 is 1.68 bits per heavy atom. The molecule has 3 amide bonds. The second-order valence-corrected chi connectivity index (χ2v) is 6.45. The molecular weight excluding hydrogens is 356 g/mol. The summed E-state index contributed by atoms with van der Waals surface area (Å²) in [6.07, 6.45) is 3.70. The van der Waals surface area contributed by atoms with E-state index in [4.69, 9.17) is 0 Å². The Labute approximate surface area is 161 Å². The van der Waals surface area contributed by atoms with Crippen LogP contribution in [0.5, 0.6) is 0 Å². The molecule has 0 aliphatic carbocycles. The van der Waals surface area contributed by atoms with Crippen molar-refractivity contribution in [3.8, 4) is 5.69 Å². The topological polar surface area (TPSA) is 92.2 Å². The van der Waals surface area contributed by atoms with Gasteiger partial charge in [0, 0.05) is 23.8 Å². The third kappa shape index (κ3) is 3.64. The molecule has 1 aliphatic heterocycles. The molecule has 0 saturated heterocycles. The normalized spacial score (nSPS) is 15.8. The van der Waals surface area contributed by atoms with Gasteiger partial charge in [-0.3, -0.25) is 14.4 Å². The van der Waals surface area contributed by atoms with Crippen molar-refractivity contribution in [2.75, 3.05) is 10.6 Å². The number of amides is 3. The van der Waals surface area contributed by atoms with E-state index in [9.17, 15) is 14.4 Å². The van der Waals surface area contributed by atoms with Gasteiger partial charge in [0.15, 0.2) is 0 Å². The molecule has 1 atom stereocenters. The zero-order valence-electron chi connectivity index (χ0n) is 14.9. The number of para-hydroxylation sites is 1. The van der Waals surface area contributed by atoms with Crippen LogP contribution >= 0.6 is 0 Å². The lowest BCUT2D eigenvalue weighted by Gasteiger charge is -2.14. The summed E-state index contributed by atoms with van der Waals surface area (Å²) in [5, 5.41) is 8.06. The Morgan fingerprint density at radius 3 is 2.43 bits per heavy atom. The highest BCUT2D eigenvalue weighted by molar-refractivity contribution is 6.11. The summed E-state index contributed by atoms with van der Waals surface area (Å²) in [4.78, 5) is 37.1. The first kappa shape index (κ1) is 17.5. The molecule has 0 radical (unpaired) electrons. The van der Waals surface area contributed by atoms with Crippen LogP contribution in [-0.4, -0.2) is 28.3 Å². The zero-order chi connectivity index (χ0) is 19.5. The van der Waals surface area contributed by atoms with Crippen molar-refractivity contribution < 1.29 is 14.4 Å². The molecular formula is C21H18N4O3. The number of nitrogens with one attached hydrogen (secondary N) is 3. The monoisotopic (exact) mass is 374 g/mol. The Bertz CT molecular complexity index is 1030. The van der Waals surface area contributed by atoms with Crippen LogP contribution in [0.2, 0.25) is 0 Å². The van der Waals surface area contributed by atoms with Crippen molar-refractivity contribution in [2.45, 2.75) is 12.5 Å². The van der Waals surface area contributed by atoms with Crippen LogP contribution < -0.4 is 16.0 Å². The standard InChI is InChI=1S/C21H18N4O3/c26-19(22-14-7-9-15(10-8-14)25-11-3-4-12-25)13-18-21(28)23-17-6-2-1-5-16(17)20(27)24-18/h1-12,18H,13H2,(H,22,26)(H,23,28)(H,24,27). The number of fused-ring (bicyclic) bond motifs is 1. The van der Waals surface area contributed by atoms with Gasteiger partial charge in [-0.2, -0.15) is 0 Å². The molecule has 2 aromatic carbocycles. The number of rotatable bonds is 4. The Hall–Kier alpha value is -3.87.